The first kappa shape index (κ1) is 29.1. The van der Waals surface area contributed by atoms with Crippen molar-refractivity contribution in [1.29, 1.82) is 0 Å². The van der Waals surface area contributed by atoms with E-state index in [9.17, 15) is 13.2 Å². The van der Waals surface area contributed by atoms with Gasteiger partial charge in [-0.3, -0.25) is 14.1 Å². The average molecular weight is 607 g/mol. The molecule has 3 aromatic carbocycles. The molecular formula is C33H35ClN2O5S. The molecule has 1 saturated carbocycles. The van der Waals surface area contributed by atoms with Crippen molar-refractivity contribution in [2.45, 2.75) is 60.4 Å². The Morgan fingerprint density at radius 2 is 1.76 bits per heavy atom. The molecule has 2 aliphatic heterocycles. The molecule has 3 aliphatic rings. The number of halogens is 1. The van der Waals surface area contributed by atoms with Crippen molar-refractivity contribution in [3.05, 3.63) is 95.6 Å². The molecule has 0 bridgehead atoms. The Morgan fingerprint density at radius 1 is 1.05 bits per heavy atom. The van der Waals surface area contributed by atoms with Crippen LogP contribution in [0.4, 0.5) is 5.69 Å². The van der Waals surface area contributed by atoms with Gasteiger partial charge in [-0.25, -0.2) is 4.79 Å². The van der Waals surface area contributed by atoms with Crippen LogP contribution in [-0.4, -0.2) is 56.2 Å². The van der Waals surface area contributed by atoms with Crippen LogP contribution < -0.4 is 0 Å². The summed E-state index contributed by atoms with van der Waals surface area (Å²) in [7, 11) is -2.51. The Labute approximate surface area is 252 Å². The van der Waals surface area contributed by atoms with E-state index >= 15 is 0 Å². The minimum atomic E-state index is -3.87. The molecule has 1 saturated heterocycles. The molecule has 4 unspecified atom stereocenters. The van der Waals surface area contributed by atoms with Gasteiger partial charge in [0.25, 0.3) is 10.1 Å². The predicted molar refractivity (Wildman–Crippen MR) is 163 cm³/mol. The number of para-hydroxylation sites is 1. The number of aliphatic imine (C=N–C) groups is 1. The zero-order valence-corrected chi connectivity index (χ0v) is 25.4. The summed E-state index contributed by atoms with van der Waals surface area (Å²) in [6.07, 6.45) is 2.24. The lowest BCUT2D eigenvalue weighted by Crippen LogP contribution is -2.64. The largest absolute Gasteiger partial charge is 0.467 e. The Hall–Kier alpha value is -3.04. The first-order valence-corrected chi connectivity index (χ1v) is 16.2. The van der Waals surface area contributed by atoms with Crippen LogP contribution in [0.15, 0.2) is 88.8 Å². The highest BCUT2D eigenvalue weighted by Gasteiger charge is 2.68. The number of methoxy groups -OCH3 is 1. The molecule has 7 nitrogen and oxygen atoms in total. The highest BCUT2D eigenvalue weighted by molar-refractivity contribution is 7.86. The number of carbonyl (C=O) groups is 1. The monoisotopic (exact) mass is 606 g/mol. The third-order valence-corrected chi connectivity index (χ3v) is 10.9. The number of alkyl halides is 1. The van der Waals surface area contributed by atoms with E-state index in [-0.39, 0.29) is 23.5 Å². The summed E-state index contributed by atoms with van der Waals surface area (Å²) in [4.78, 5) is 19.6. The molecule has 3 aromatic rings. The molecule has 220 valence electrons. The van der Waals surface area contributed by atoms with Crippen molar-refractivity contribution in [3.63, 3.8) is 0 Å². The topological polar surface area (TPSA) is 85.3 Å². The summed E-state index contributed by atoms with van der Waals surface area (Å²) in [6, 6.07) is 25.1. The van der Waals surface area contributed by atoms with Crippen molar-refractivity contribution in [3.8, 4) is 0 Å². The first-order chi connectivity index (χ1) is 20.2. The van der Waals surface area contributed by atoms with Crippen LogP contribution >= 0.6 is 11.6 Å². The fourth-order valence-electron chi connectivity index (χ4n) is 7.36. The number of carbonyl (C=O) groups excluding carboxylic acids is 1. The Kier molecular flexibility index (Phi) is 7.77. The Bertz CT molecular complexity index is 1610. The SMILES string of the molecule is COC(=O)C1(Cl)CC(CCCOS(=O)(=O)c2ccc(C)cc2)C2N(Cc3ccccc3)CCC23C1=Nc1ccccc13. The molecular weight excluding hydrogens is 572 g/mol. The molecule has 4 atom stereocenters. The summed E-state index contributed by atoms with van der Waals surface area (Å²) in [5.41, 5.74) is 4.27. The third kappa shape index (κ3) is 4.88. The number of nitrogens with zero attached hydrogens (tertiary/aromatic N) is 2. The van der Waals surface area contributed by atoms with Gasteiger partial charge in [0, 0.05) is 19.1 Å². The number of esters is 1. The number of hydrogen-bond acceptors (Lipinski definition) is 7. The molecule has 0 amide bonds. The van der Waals surface area contributed by atoms with Crippen LogP contribution in [0.5, 0.6) is 0 Å². The van der Waals surface area contributed by atoms with Gasteiger partial charge in [-0.15, -0.1) is 0 Å². The minimum Gasteiger partial charge on any atom is -0.467 e. The number of benzene rings is 3. The van der Waals surface area contributed by atoms with Gasteiger partial charge < -0.3 is 4.74 Å². The average Bonchev–Trinajstić information content (AvgIpc) is 3.54. The Morgan fingerprint density at radius 3 is 2.50 bits per heavy atom. The van der Waals surface area contributed by atoms with E-state index in [0.717, 1.165) is 36.3 Å². The van der Waals surface area contributed by atoms with Crippen LogP contribution in [0.3, 0.4) is 0 Å². The van der Waals surface area contributed by atoms with Gasteiger partial charge >= 0.3 is 5.97 Å². The van der Waals surface area contributed by atoms with E-state index in [1.165, 1.54) is 12.7 Å². The van der Waals surface area contributed by atoms with E-state index in [1.807, 2.05) is 43.3 Å². The van der Waals surface area contributed by atoms with Gasteiger partial charge in [-0.05, 0) is 67.9 Å². The third-order valence-electron chi connectivity index (χ3n) is 9.10. The maximum absolute atomic E-state index is 13.4. The lowest BCUT2D eigenvalue weighted by atomic mass is 9.57. The minimum absolute atomic E-state index is 0.0188. The van der Waals surface area contributed by atoms with E-state index in [1.54, 1.807) is 24.3 Å². The zero-order valence-electron chi connectivity index (χ0n) is 23.8. The summed E-state index contributed by atoms with van der Waals surface area (Å²) in [5.74, 6) is -0.540. The number of fused-ring (bicyclic) bond motifs is 1. The summed E-state index contributed by atoms with van der Waals surface area (Å²) >= 11 is 7.31. The van der Waals surface area contributed by atoms with E-state index in [0.29, 0.717) is 25.0 Å². The highest BCUT2D eigenvalue weighted by Crippen LogP contribution is 2.60. The van der Waals surface area contributed by atoms with Crippen molar-refractivity contribution in [2.75, 3.05) is 20.3 Å². The molecule has 9 heteroatoms. The highest BCUT2D eigenvalue weighted by atomic mass is 35.5. The van der Waals surface area contributed by atoms with Crippen LogP contribution in [0, 0.1) is 12.8 Å². The van der Waals surface area contributed by atoms with E-state index in [2.05, 4.69) is 23.1 Å². The molecule has 6 rings (SSSR count). The molecule has 0 aromatic heterocycles. The number of rotatable bonds is 9. The lowest BCUT2D eigenvalue weighted by Gasteiger charge is -2.50. The maximum Gasteiger partial charge on any atom is 0.332 e. The smallest absolute Gasteiger partial charge is 0.332 e. The van der Waals surface area contributed by atoms with Gasteiger partial charge in [0.05, 0.1) is 35.4 Å². The molecule has 2 heterocycles. The second-order valence-corrected chi connectivity index (χ2v) is 13.8. The second-order valence-electron chi connectivity index (χ2n) is 11.6. The van der Waals surface area contributed by atoms with Gasteiger partial charge in [0.15, 0.2) is 4.87 Å². The van der Waals surface area contributed by atoms with Crippen LogP contribution in [0.2, 0.25) is 0 Å². The van der Waals surface area contributed by atoms with Gasteiger partial charge in [-0.2, -0.15) is 8.42 Å². The number of likely N-dealkylation sites (tertiary alicyclic amines) is 1. The van der Waals surface area contributed by atoms with Gasteiger partial charge in [0.1, 0.15) is 0 Å². The fourth-order valence-corrected chi connectivity index (χ4v) is 8.79. The Balaban J connectivity index is 1.32. The first-order valence-electron chi connectivity index (χ1n) is 14.4. The fraction of sp³-hybridized carbons (Fsp3) is 0.394. The standard InChI is InChI=1S/C33H35ClN2O5S/c1-23-14-16-26(17-15-23)42(38,39)41-20-8-11-25-21-33(34,31(37)40-2)30-32(27-12-6-7-13-28(27)35-30)18-19-36(29(25)32)22-24-9-4-3-5-10-24/h3-7,9-10,12-17,25,29H,8,11,18-22H2,1-2H3. The summed E-state index contributed by atoms with van der Waals surface area (Å²) in [6.45, 7) is 3.51. The maximum atomic E-state index is 13.4. The molecule has 1 aliphatic carbocycles. The van der Waals surface area contributed by atoms with Crippen LogP contribution in [0.1, 0.15) is 42.4 Å². The predicted octanol–water partition coefficient (Wildman–Crippen LogP) is 5.95. The van der Waals surface area contributed by atoms with Crippen molar-refractivity contribution in [1.82, 2.24) is 4.90 Å². The van der Waals surface area contributed by atoms with E-state index in [4.69, 9.17) is 25.5 Å². The normalized spacial score (nSPS) is 26.7. The van der Waals surface area contributed by atoms with Crippen LogP contribution in [-0.2, 0) is 35.8 Å². The van der Waals surface area contributed by atoms with Gasteiger partial charge in [0.2, 0.25) is 0 Å². The quantitative estimate of drug-likeness (QED) is 0.130. The lowest BCUT2D eigenvalue weighted by molar-refractivity contribution is -0.143. The molecule has 0 N–H and O–H groups in total. The number of aryl methyl sites for hydroxylation is 1. The van der Waals surface area contributed by atoms with E-state index < -0.39 is 26.4 Å². The molecule has 2 fully saturated rings. The zero-order chi connectivity index (χ0) is 29.5. The molecule has 1 spiro atoms. The van der Waals surface area contributed by atoms with Crippen molar-refractivity contribution < 1.29 is 22.1 Å². The van der Waals surface area contributed by atoms with Crippen LogP contribution in [0.25, 0.3) is 0 Å². The summed E-state index contributed by atoms with van der Waals surface area (Å²) < 4.78 is 36.4. The summed E-state index contributed by atoms with van der Waals surface area (Å²) in [5, 5.41) is 0. The molecule has 42 heavy (non-hydrogen) atoms. The van der Waals surface area contributed by atoms with Gasteiger partial charge in [-0.1, -0.05) is 77.8 Å². The number of hydrogen-bond donors (Lipinski definition) is 0. The van der Waals surface area contributed by atoms with Crippen molar-refractivity contribution >= 4 is 39.1 Å². The second kappa shape index (κ2) is 11.2. The molecule has 0 radical (unpaired) electrons. The number of ether oxygens (including phenoxy) is 1. The van der Waals surface area contributed by atoms with Crippen molar-refractivity contribution in [2.24, 2.45) is 10.9 Å².